The molecule has 0 saturated heterocycles. The molecule has 0 fully saturated rings. The highest BCUT2D eigenvalue weighted by Crippen LogP contribution is 2.58. The smallest absolute Gasteiger partial charge is 0.258 e. The van der Waals surface area contributed by atoms with Gasteiger partial charge in [-0.2, -0.15) is 0 Å². The summed E-state index contributed by atoms with van der Waals surface area (Å²) >= 11 is 0. The van der Waals surface area contributed by atoms with E-state index < -0.39 is 117 Å². The standard InChI is InChI=1S/C12N12O20/c25-15(26)3-1(4(16(27)28)8(20(35)36)11(23(41)42)7(3)19(33)34)13-14-2-5(17(29)30)9(21(37)38)12(24(43)44)10(22(39)40)6(2)18(31)32. The molecule has 0 saturated carbocycles. The molecule has 2 aromatic carbocycles. The summed E-state index contributed by atoms with van der Waals surface area (Å²) in [6.45, 7) is 0. The molecule has 0 aliphatic carbocycles. The zero-order valence-corrected chi connectivity index (χ0v) is 19.5. The van der Waals surface area contributed by atoms with E-state index in [-0.39, 0.29) is 0 Å². The molecule has 0 spiro atoms. The highest BCUT2D eigenvalue weighted by molar-refractivity contribution is 5.94. The van der Waals surface area contributed by atoms with E-state index in [9.17, 15) is 101 Å². The lowest BCUT2D eigenvalue weighted by atomic mass is 10.1. The van der Waals surface area contributed by atoms with Crippen LogP contribution in [0.1, 0.15) is 0 Å². The molecule has 0 radical (unpaired) electrons. The normalized spacial score (nSPS) is 10.6. The number of hydrogen-bond acceptors (Lipinski definition) is 22. The van der Waals surface area contributed by atoms with Gasteiger partial charge in [0.25, 0.3) is 11.4 Å². The van der Waals surface area contributed by atoms with Crippen molar-refractivity contribution < 1.29 is 49.2 Å². The van der Waals surface area contributed by atoms with Gasteiger partial charge in [-0.25, -0.2) is 0 Å². The molecule has 2 aromatic rings. The maximum atomic E-state index is 11.7. The third-order valence-electron chi connectivity index (χ3n) is 4.77. The van der Waals surface area contributed by atoms with Crippen LogP contribution in [0.2, 0.25) is 0 Å². The maximum absolute atomic E-state index is 11.7. The molecule has 0 aliphatic heterocycles. The van der Waals surface area contributed by atoms with E-state index in [0.717, 1.165) is 0 Å². The largest absolute Gasteiger partial charge is 0.437 e. The minimum absolute atomic E-state index is 2.03. The first kappa shape index (κ1) is 32.3. The SMILES string of the molecule is O=[N+]([O-])c1c(N=Nc2c([N+](=O)[O-])c([N+](=O)[O-])c([N+](=O)[O-])c([N+](=O)[O-])c2[N+](=O)[O-])c([N+](=O)[O-])c([N+](=O)[O-])c([N+](=O)[O-])c1[N+](=O)[O-]. The second-order valence-corrected chi connectivity index (χ2v) is 6.95. The minimum atomic E-state index is -2.49. The fourth-order valence-corrected chi connectivity index (χ4v) is 3.36. The number of nitrogens with zero attached hydrogens (tertiary/aromatic N) is 12. The average molecular weight is 632 g/mol. The van der Waals surface area contributed by atoms with Gasteiger partial charge >= 0.3 is 56.9 Å². The van der Waals surface area contributed by atoms with Crippen LogP contribution in [0.15, 0.2) is 10.2 Å². The van der Waals surface area contributed by atoms with Crippen LogP contribution in [0.25, 0.3) is 0 Å². The van der Waals surface area contributed by atoms with Crippen LogP contribution in [-0.4, -0.2) is 49.2 Å². The van der Waals surface area contributed by atoms with Crippen molar-refractivity contribution in [3.05, 3.63) is 101 Å². The van der Waals surface area contributed by atoms with Gasteiger partial charge in [-0.3, -0.25) is 101 Å². The zero-order chi connectivity index (χ0) is 34.1. The Hall–Kier alpha value is -7.96. The molecule has 0 N–H and O–H groups in total. The van der Waals surface area contributed by atoms with Crippen molar-refractivity contribution >= 4 is 68.2 Å². The number of benzene rings is 2. The summed E-state index contributed by atoms with van der Waals surface area (Å²) in [5.41, 5.74) is -29.5. The van der Waals surface area contributed by atoms with Crippen LogP contribution in [0.5, 0.6) is 0 Å². The Balaban J connectivity index is 3.51. The Labute approximate surface area is 229 Å². The van der Waals surface area contributed by atoms with Gasteiger partial charge in [0.2, 0.25) is 0 Å². The van der Waals surface area contributed by atoms with E-state index in [4.69, 9.17) is 0 Å². The van der Waals surface area contributed by atoms with Crippen molar-refractivity contribution in [2.45, 2.75) is 0 Å². The Morgan fingerprint density at radius 2 is 0.364 bits per heavy atom. The van der Waals surface area contributed by atoms with Crippen LogP contribution >= 0.6 is 0 Å². The molecule has 2 rings (SSSR count). The van der Waals surface area contributed by atoms with Gasteiger partial charge in [-0.1, -0.05) is 0 Å². The van der Waals surface area contributed by atoms with Gasteiger partial charge in [-0.05, 0) is 0 Å². The number of hydrogen-bond donors (Lipinski definition) is 0. The summed E-state index contributed by atoms with van der Waals surface area (Å²) in [5, 5.41) is 121. The Kier molecular flexibility index (Phi) is 8.26. The molecule has 0 unspecified atom stereocenters. The summed E-state index contributed by atoms with van der Waals surface area (Å²) in [6.07, 6.45) is 0. The van der Waals surface area contributed by atoms with Crippen LogP contribution in [0.3, 0.4) is 0 Å². The number of rotatable bonds is 12. The monoisotopic (exact) mass is 632 g/mol. The second kappa shape index (κ2) is 11.3. The van der Waals surface area contributed by atoms with Crippen LogP contribution in [0, 0.1) is 101 Å². The molecule has 32 heteroatoms. The van der Waals surface area contributed by atoms with E-state index >= 15 is 0 Å². The molecular formula is C12N12O20. The summed E-state index contributed by atoms with van der Waals surface area (Å²) in [6, 6.07) is 0. The minimum Gasteiger partial charge on any atom is -0.258 e. The Morgan fingerprint density at radius 3 is 0.477 bits per heavy atom. The summed E-state index contributed by atoms with van der Waals surface area (Å²) in [7, 11) is 0. The molecule has 0 bridgehead atoms. The van der Waals surface area contributed by atoms with Crippen LogP contribution in [-0.2, 0) is 0 Å². The fraction of sp³-hybridized carbons (Fsp3) is 0. The van der Waals surface area contributed by atoms with Crippen molar-refractivity contribution in [2.75, 3.05) is 0 Å². The summed E-state index contributed by atoms with van der Waals surface area (Å²) < 4.78 is 0. The predicted octanol–water partition coefficient (Wildman–Crippen LogP) is 3.18. The van der Waals surface area contributed by atoms with Crippen LogP contribution in [0.4, 0.5) is 68.2 Å². The quantitative estimate of drug-likeness (QED) is 0.184. The molecule has 0 amide bonds. The van der Waals surface area contributed by atoms with Gasteiger partial charge in [0, 0.05) is 0 Å². The van der Waals surface area contributed by atoms with Crippen molar-refractivity contribution in [3.63, 3.8) is 0 Å². The molecular weight excluding hydrogens is 632 g/mol. The third-order valence-corrected chi connectivity index (χ3v) is 4.77. The number of nitro benzene ring substituents is 10. The van der Waals surface area contributed by atoms with Gasteiger partial charge in [0.15, 0.2) is 0 Å². The highest BCUT2D eigenvalue weighted by atomic mass is 16.7. The molecule has 0 aliphatic rings. The summed E-state index contributed by atoms with van der Waals surface area (Å²) in [4.78, 5) is 95.0. The topological polar surface area (TPSA) is 456 Å². The second-order valence-electron chi connectivity index (χ2n) is 6.95. The molecule has 44 heavy (non-hydrogen) atoms. The van der Waals surface area contributed by atoms with E-state index in [2.05, 4.69) is 10.2 Å². The maximum Gasteiger partial charge on any atom is 0.437 e. The van der Waals surface area contributed by atoms with Gasteiger partial charge in [-0.15, -0.1) is 10.2 Å². The molecule has 32 nitrogen and oxygen atoms in total. The molecule has 0 atom stereocenters. The molecule has 0 heterocycles. The molecule has 0 aromatic heterocycles. The zero-order valence-electron chi connectivity index (χ0n) is 19.5. The first-order chi connectivity index (χ1) is 20.2. The Bertz CT molecular complexity index is 1610. The van der Waals surface area contributed by atoms with Crippen molar-refractivity contribution in [2.24, 2.45) is 10.2 Å². The average Bonchev–Trinajstić information content (AvgIpc) is 2.87. The van der Waals surface area contributed by atoms with Crippen molar-refractivity contribution in [3.8, 4) is 0 Å². The lowest BCUT2D eigenvalue weighted by Crippen LogP contribution is -2.09. The molecule has 228 valence electrons. The fourth-order valence-electron chi connectivity index (χ4n) is 3.36. The highest BCUT2D eigenvalue weighted by Gasteiger charge is 2.57. The van der Waals surface area contributed by atoms with Gasteiger partial charge in [0.1, 0.15) is 0 Å². The van der Waals surface area contributed by atoms with E-state index in [0.29, 0.717) is 0 Å². The lowest BCUT2D eigenvalue weighted by molar-refractivity contribution is -0.459. The first-order valence-corrected chi connectivity index (χ1v) is 9.53. The van der Waals surface area contributed by atoms with Crippen molar-refractivity contribution in [1.29, 1.82) is 0 Å². The van der Waals surface area contributed by atoms with Gasteiger partial charge in [0.05, 0.1) is 49.2 Å². The third kappa shape index (κ3) is 5.14. The summed E-state index contributed by atoms with van der Waals surface area (Å²) in [5.74, 6) is 0. The van der Waals surface area contributed by atoms with Gasteiger partial charge < -0.3 is 0 Å². The lowest BCUT2D eigenvalue weighted by Gasteiger charge is -2.04. The van der Waals surface area contributed by atoms with Crippen LogP contribution < -0.4 is 0 Å². The van der Waals surface area contributed by atoms with E-state index in [1.54, 1.807) is 0 Å². The first-order valence-electron chi connectivity index (χ1n) is 9.53. The van der Waals surface area contributed by atoms with Crippen molar-refractivity contribution in [1.82, 2.24) is 0 Å². The number of nitro groups is 10. The Morgan fingerprint density at radius 1 is 0.250 bits per heavy atom. The van der Waals surface area contributed by atoms with E-state index in [1.807, 2.05) is 0 Å². The predicted molar refractivity (Wildman–Crippen MR) is 124 cm³/mol. The van der Waals surface area contributed by atoms with E-state index in [1.165, 1.54) is 0 Å². The number of azo groups is 1.